The molecule has 12 heteroatoms. The number of nitrogens with one attached hydrogen (secondary N) is 1. The van der Waals surface area contributed by atoms with Gasteiger partial charge in [-0.1, -0.05) is 54.6 Å². The number of hydrogen-bond acceptors (Lipinski definition) is 9. The summed E-state index contributed by atoms with van der Waals surface area (Å²) in [5, 5.41) is 2.51. The maximum atomic E-state index is 16.5. The van der Waals surface area contributed by atoms with E-state index in [-0.39, 0.29) is 17.1 Å². The van der Waals surface area contributed by atoms with Crippen molar-refractivity contribution in [3.05, 3.63) is 125 Å². The fourth-order valence-corrected chi connectivity index (χ4v) is 4.50. The molecule has 0 saturated carbocycles. The Morgan fingerprint density at radius 2 is 1.53 bits per heavy atom. The third-order valence-electron chi connectivity index (χ3n) is 6.60. The van der Waals surface area contributed by atoms with E-state index in [1.807, 2.05) is 0 Å². The van der Waals surface area contributed by atoms with Crippen molar-refractivity contribution in [1.82, 2.24) is 9.55 Å². The monoisotopic (exact) mass is 587 g/mol. The van der Waals surface area contributed by atoms with Crippen LogP contribution in [0, 0.1) is 0 Å². The van der Waals surface area contributed by atoms with Crippen LogP contribution in [0.1, 0.15) is 33.9 Å². The summed E-state index contributed by atoms with van der Waals surface area (Å²) < 4.78 is 39.0. The summed E-state index contributed by atoms with van der Waals surface area (Å²) in [5.41, 5.74) is -2.89. The van der Waals surface area contributed by atoms with Crippen LogP contribution in [0.2, 0.25) is 0 Å². The highest BCUT2D eigenvalue weighted by Crippen LogP contribution is 2.43. The van der Waals surface area contributed by atoms with Crippen LogP contribution in [0.5, 0.6) is 5.75 Å². The molecule has 1 aliphatic rings. The molecular formula is C31H26FN3O8. The van der Waals surface area contributed by atoms with Gasteiger partial charge in [-0.05, 0) is 49.4 Å². The minimum absolute atomic E-state index is 0.0683. The second-order valence-electron chi connectivity index (χ2n) is 9.67. The van der Waals surface area contributed by atoms with Gasteiger partial charge in [-0.2, -0.15) is 4.98 Å². The van der Waals surface area contributed by atoms with Crippen LogP contribution in [-0.2, 0) is 14.2 Å². The number of anilines is 1. The Morgan fingerprint density at radius 3 is 2.16 bits per heavy atom. The Bertz CT molecular complexity index is 1650. The first kappa shape index (κ1) is 29.1. The fourth-order valence-electron chi connectivity index (χ4n) is 4.50. The number of carbonyl (C=O) groups excluding carboxylic acids is 3. The number of ether oxygens (including phenoxy) is 4. The molecule has 0 bridgehead atoms. The number of rotatable bonds is 8. The van der Waals surface area contributed by atoms with Crippen molar-refractivity contribution < 1.29 is 37.7 Å². The van der Waals surface area contributed by atoms with Crippen LogP contribution in [0.25, 0.3) is 0 Å². The molecule has 1 aliphatic heterocycles. The molecule has 0 unspecified atom stereocenters. The van der Waals surface area contributed by atoms with Crippen molar-refractivity contribution in [2.75, 3.05) is 11.9 Å². The number of amides is 1. The number of hydrogen-bond donors (Lipinski definition) is 1. The Kier molecular flexibility index (Phi) is 8.58. The highest BCUT2D eigenvalue weighted by atomic mass is 19.1. The lowest BCUT2D eigenvalue weighted by atomic mass is 9.98. The molecule has 43 heavy (non-hydrogen) atoms. The molecule has 3 aromatic carbocycles. The molecule has 2 heterocycles. The number of benzene rings is 3. The van der Waals surface area contributed by atoms with Gasteiger partial charge in [0.1, 0.15) is 24.3 Å². The summed E-state index contributed by atoms with van der Waals surface area (Å²) in [5.74, 6) is -1.12. The van der Waals surface area contributed by atoms with Crippen LogP contribution in [0.15, 0.2) is 108 Å². The maximum absolute atomic E-state index is 16.5. The van der Waals surface area contributed by atoms with Gasteiger partial charge in [-0.3, -0.25) is 9.36 Å². The first-order valence-corrected chi connectivity index (χ1v) is 13.2. The van der Waals surface area contributed by atoms with E-state index in [0.717, 1.165) is 11.5 Å². The maximum Gasteiger partial charge on any atom is 0.514 e. The van der Waals surface area contributed by atoms with Crippen molar-refractivity contribution >= 4 is 23.8 Å². The van der Waals surface area contributed by atoms with E-state index in [4.69, 9.17) is 18.9 Å². The standard InChI is InChI=1S/C31H26FN3O8/c1-31(32)25(43-30(39)41-22-15-9-4-10-16-22)23(19-40-27(37)21-13-7-3-8-14-21)42-28(31)35-18-17-24(34-29(35)38)33-26(36)20-11-5-2-6-12-20/h2-18,23,25,28H,19H2,1H3,(H,33,34,36,38)/t23-,25+,28-,31-/m1/s1. The predicted octanol–water partition coefficient (Wildman–Crippen LogP) is 4.56. The summed E-state index contributed by atoms with van der Waals surface area (Å²) >= 11 is 0. The molecule has 1 saturated heterocycles. The lowest BCUT2D eigenvalue weighted by Crippen LogP contribution is -2.46. The fraction of sp³-hybridized carbons (Fsp3) is 0.194. The van der Waals surface area contributed by atoms with Gasteiger partial charge in [0.15, 0.2) is 18.0 Å². The number of halogens is 1. The van der Waals surface area contributed by atoms with Gasteiger partial charge in [0.25, 0.3) is 5.91 Å². The lowest BCUT2D eigenvalue weighted by Gasteiger charge is -2.27. The van der Waals surface area contributed by atoms with Crippen molar-refractivity contribution in [2.45, 2.75) is 31.0 Å². The molecule has 11 nitrogen and oxygen atoms in total. The van der Waals surface area contributed by atoms with E-state index in [2.05, 4.69) is 10.3 Å². The van der Waals surface area contributed by atoms with Gasteiger partial charge in [0.2, 0.25) is 0 Å². The van der Waals surface area contributed by atoms with Crippen LogP contribution < -0.4 is 15.7 Å². The molecule has 0 aliphatic carbocycles. The molecule has 4 atom stereocenters. The molecule has 4 aromatic rings. The average Bonchev–Trinajstić information content (AvgIpc) is 3.25. The zero-order valence-corrected chi connectivity index (χ0v) is 22.8. The second kappa shape index (κ2) is 12.7. The van der Waals surface area contributed by atoms with Crippen LogP contribution in [0.4, 0.5) is 15.0 Å². The molecule has 0 radical (unpaired) electrons. The summed E-state index contributed by atoms with van der Waals surface area (Å²) in [7, 11) is 0. The molecule has 1 amide bonds. The third-order valence-corrected chi connectivity index (χ3v) is 6.60. The van der Waals surface area contributed by atoms with Crippen molar-refractivity contribution in [3.63, 3.8) is 0 Å². The van der Waals surface area contributed by atoms with E-state index >= 15 is 4.39 Å². The number of carbonyl (C=O) groups is 3. The second-order valence-corrected chi connectivity index (χ2v) is 9.67. The van der Waals surface area contributed by atoms with Crippen molar-refractivity contribution in [3.8, 4) is 5.75 Å². The largest absolute Gasteiger partial charge is 0.514 e. The number of esters is 1. The predicted molar refractivity (Wildman–Crippen MR) is 150 cm³/mol. The third kappa shape index (κ3) is 6.76. The lowest BCUT2D eigenvalue weighted by molar-refractivity contribution is -0.0648. The minimum atomic E-state index is -2.53. The number of aromatic nitrogens is 2. The zero-order valence-electron chi connectivity index (χ0n) is 22.8. The van der Waals surface area contributed by atoms with Crippen LogP contribution >= 0.6 is 0 Å². The van der Waals surface area contributed by atoms with Crippen molar-refractivity contribution in [1.29, 1.82) is 0 Å². The van der Waals surface area contributed by atoms with Crippen LogP contribution in [0.3, 0.4) is 0 Å². The van der Waals surface area contributed by atoms with E-state index in [1.54, 1.807) is 66.7 Å². The number of nitrogens with zero attached hydrogens (tertiary/aromatic N) is 2. The van der Waals surface area contributed by atoms with Crippen molar-refractivity contribution in [2.24, 2.45) is 0 Å². The van der Waals surface area contributed by atoms with E-state index in [9.17, 15) is 19.2 Å². The number of alkyl halides is 1. The zero-order chi connectivity index (χ0) is 30.4. The van der Waals surface area contributed by atoms with E-state index in [0.29, 0.717) is 5.56 Å². The van der Waals surface area contributed by atoms with Gasteiger partial charge in [-0.25, -0.2) is 18.8 Å². The molecule has 5 rings (SSSR count). The summed E-state index contributed by atoms with van der Waals surface area (Å²) in [4.78, 5) is 54.5. The quantitative estimate of drug-likeness (QED) is 0.232. The first-order valence-electron chi connectivity index (χ1n) is 13.2. The topological polar surface area (TPSA) is 135 Å². The molecule has 1 fully saturated rings. The van der Waals surface area contributed by atoms with Gasteiger partial charge in [-0.15, -0.1) is 0 Å². The molecule has 0 spiro atoms. The Balaban J connectivity index is 1.36. The average molecular weight is 588 g/mol. The van der Waals surface area contributed by atoms with Gasteiger partial charge in [0, 0.05) is 11.8 Å². The molecule has 220 valence electrons. The molecule has 1 aromatic heterocycles. The Hall–Kier alpha value is -5.36. The van der Waals surface area contributed by atoms with Crippen LogP contribution in [-0.4, -0.2) is 52.1 Å². The molecule has 1 N–H and O–H groups in total. The van der Waals surface area contributed by atoms with Gasteiger partial charge < -0.3 is 24.3 Å². The summed E-state index contributed by atoms with van der Waals surface area (Å²) in [6.45, 7) is 0.565. The Labute approximate surface area is 244 Å². The first-order chi connectivity index (χ1) is 20.7. The summed E-state index contributed by atoms with van der Waals surface area (Å²) in [6.07, 6.45) is -4.69. The minimum Gasteiger partial charge on any atom is -0.459 e. The van der Waals surface area contributed by atoms with E-state index in [1.165, 1.54) is 36.5 Å². The van der Waals surface area contributed by atoms with Gasteiger partial charge in [0.05, 0.1) is 5.56 Å². The van der Waals surface area contributed by atoms with E-state index < -0.39 is 54.4 Å². The number of para-hydroxylation sites is 1. The SMILES string of the molecule is C[C@@]1(F)[C@@H](OC(=O)Oc2ccccc2)[C@@H](COC(=O)c2ccccc2)O[C@H]1n1ccc(NC(=O)c2ccccc2)nc1=O. The summed E-state index contributed by atoms with van der Waals surface area (Å²) in [6, 6.07) is 25.7. The van der Waals surface area contributed by atoms with Gasteiger partial charge >= 0.3 is 17.8 Å². The highest BCUT2D eigenvalue weighted by Gasteiger charge is 2.59. The molecular weight excluding hydrogens is 561 g/mol. The smallest absolute Gasteiger partial charge is 0.459 e. The Morgan fingerprint density at radius 1 is 0.930 bits per heavy atom. The normalized spacial score (nSPS) is 21.0. The highest BCUT2D eigenvalue weighted by molar-refractivity contribution is 6.03.